The largest absolute Gasteiger partial charge is 0.453 e. The van der Waals surface area contributed by atoms with Gasteiger partial charge in [0.2, 0.25) is 11.1 Å². The molecular weight excluding hydrogens is 355 g/mol. The Balaban J connectivity index is 2.04. The normalized spacial score (nSPS) is 12.9. The fourth-order valence-electron chi connectivity index (χ4n) is 1.54. The molecular formula is C12H11ClF3N5OS. The van der Waals surface area contributed by atoms with Crippen LogP contribution in [-0.2, 0) is 11.0 Å². The number of nitrogens with zero attached hydrogens (tertiary/aromatic N) is 3. The zero-order chi connectivity index (χ0) is 17.2. The Labute approximate surface area is 138 Å². The number of rotatable bonds is 4. The highest BCUT2D eigenvalue weighted by molar-refractivity contribution is 8.00. The predicted molar refractivity (Wildman–Crippen MR) is 80.6 cm³/mol. The molecule has 0 aliphatic heterocycles. The number of anilines is 1. The quantitative estimate of drug-likeness (QED) is 0.642. The summed E-state index contributed by atoms with van der Waals surface area (Å²) in [5.41, 5.74) is 0.511. The second-order valence-electron chi connectivity index (χ2n) is 4.43. The van der Waals surface area contributed by atoms with Crippen molar-refractivity contribution < 1.29 is 18.0 Å². The summed E-state index contributed by atoms with van der Waals surface area (Å²) >= 11 is 6.50. The second-order valence-corrected chi connectivity index (χ2v) is 6.17. The minimum absolute atomic E-state index is 0.212. The number of aromatic nitrogens is 3. The van der Waals surface area contributed by atoms with Crippen LogP contribution in [0.1, 0.15) is 12.7 Å². The number of alkyl halides is 3. The summed E-state index contributed by atoms with van der Waals surface area (Å²) in [5, 5.41) is 8.52. The molecule has 0 aliphatic rings. The Morgan fingerprint density at radius 1 is 1.35 bits per heavy atom. The molecule has 0 spiro atoms. The van der Waals surface area contributed by atoms with E-state index in [0.29, 0.717) is 15.4 Å². The molecule has 0 aliphatic carbocycles. The molecule has 1 aromatic heterocycles. The minimum Gasteiger partial charge on any atom is -0.335 e. The van der Waals surface area contributed by atoms with Gasteiger partial charge in [0.15, 0.2) is 0 Å². The van der Waals surface area contributed by atoms with Crippen molar-refractivity contribution in [3.63, 3.8) is 0 Å². The molecule has 0 saturated heterocycles. The molecule has 0 bridgehead atoms. The first-order valence-electron chi connectivity index (χ1n) is 6.19. The summed E-state index contributed by atoms with van der Waals surface area (Å²) < 4.78 is 38.0. The topological polar surface area (TPSA) is 85.8 Å². The maximum Gasteiger partial charge on any atom is 0.453 e. The van der Waals surface area contributed by atoms with Crippen LogP contribution in [0.15, 0.2) is 29.4 Å². The lowest BCUT2D eigenvalue weighted by Gasteiger charge is -2.12. The van der Waals surface area contributed by atoms with E-state index in [9.17, 15) is 18.0 Å². The summed E-state index contributed by atoms with van der Waals surface area (Å²) in [6, 6.07) is 6.40. The molecule has 124 valence electrons. The van der Waals surface area contributed by atoms with Gasteiger partial charge in [-0.15, -0.1) is 10.2 Å². The van der Waals surface area contributed by atoms with Crippen molar-refractivity contribution in [3.05, 3.63) is 35.1 Å². The van der Waals surface area contributed by atoms with E-state index >= 15 is 0 Å². The average molecular weight is 366 g/mol. The van der Waals surface area contributed by atoms with Gasteiger partial charge in [0, 0.05) is 10.7 Å². The fourth-order valence-corrected chi connectivity index (χ4v) is 2.44. The Bertz CT molecular complexity index is 704. The highest BCUT2D eigenvalue weighted by atomic mass is 35.5. The van der Waals surface area contributed by atoms with Crippen molar-refractivity contribution in [2.45, 2.75) is 23.5 Å². The van der Waals surface area contributed by atoms with Gasteiger partial charge in [-0.2, -0.15) is 13.2 Å². The number of nitrogens with two attached hydrogens (primary N) is 1. The van der Waals surface area contributed by atoms with Crippen LogP contribution in [0.2, 0.25) is 5.02 Å². The van der Waals surface area contributed by atoms with Crippen molar-refractivity contribution in [1.82, 2.24) is 14.9 Å². The Morgan fingerprint density at radius 3 is 2.48 bits per heavy atom. The van der Waals surface area contributed by atoms with Crippen LogP contribution in [0.3, 0.4) is 0 Å². The molecule has 1 atom stereocenters. The lowest BCUT2D eigenvalue weighted by Crippen LogP contribution is -2.25. The molecule has 6 nitrogen and oxygen atoms in total. The molecule has 1 aromatic carbocycles. The van der Waals surface area contributed by atoms with E-state index in [1.54, 1.807) is 24.3 Å². The van der Waals surface area contributed by atoms with E-state index < -0.39 is 23.2 Å². The number of hydrogen-bond donors (Lipinski definition) is 2. The van der Waals surface area contributed by atoms with E-state index in [4.69, 9.17) is 17.4 Å². The number of hydrogen-bond acceptors (Lipinski definition) is 5. The van der Waals surface area contributed by atoms with Crippen molar-refractivity contribution in [3.8, 4) is 0 Å². The summed E-state index contributed by atoms with van der Waals surface area (Å²) in [7, 11) is 0. The highest BCUT2D eigenvalue weighted by Gasteiger charge is 2.38. The molecule has 23 heavy (non-hydrogen) atoms. The van der Waals surface area contributed by atoms with Crippen LogP contribution in [0.5, 0.6) is 0 Å². The van der Waals surface area contributed by atoms with Gasteiger partial charge in [-0.3, -0.25) is 4.79 Å². The minimum atomic E-state index is -4.71. The third-order valence-corrected chi connectivity index (χ3v) is 3.99. The van der Waals surface area contributed by atoms with E-state index in [-0.39, 0.29) is 5.16 Å². The average Bonchev–Trinajstić information content (AvgIpc) is 2.82. The third-order valence-electron chi connectivity index (χ3n) is 2.68. The van der Waals surface area contributed by atoms with Crippen molar-refractivity contribution >= 4 is 35.0 Å². The van der Waals surface area contributed by atoms with Crippen molar-refractivity contribution in [2.75, 3.05) is 11.2 Å². The van der Waals surface area contributed by atoms with Crippen LogP contribution in [-0.4, -0.2) is 26.0 Å². The first-order chi connectivity index (χ1) is 10.7. The van der Waals surface area contributed by atoms with E-state index in [2.05, 4.69) is 15.5 Å². The van der Waals surface area contributed by atoms with E-state index in [1.165, 1.54) is 6.92 Å². The van der Waals surface area contributed by atoms with Crippen LogP contribution < -0.4 is 11.2 Å². The number of nitrogen functional groups attached to an aromatic ring is 1. The lowest BCUT2D eigenvalue weighted by atomic mass is 10.3. The standard InChI is InChI=1S/C12H11ClF3N5OS/c1-6(9(22)18-8-4-2-7(13)3-5-8)23-11-20-19-10(21(11)17)12(14,15)16/h2-6H,17H2,1H3,(H,18,22)/t6-/m1/s1. The van der Waals surface area contributed by atoms with Crippen LogP contribution in [0.25, 0.3) is 0 Å². The molecule has 0 unspecified atom stereocenters. The summed E-state index contributed by atoms with van der Waals surface area (Å²) in [5.74, 6) is 3.56. The molecule has 0 radical (unpaired) electrons. The number of amides is 1. The Kier molecular flexibility index (Phi) is 5.05. The van der Waals surface area contributed by atoms with E-state index in [1.807, 2.05) is 0 Å². The number of halogens is 4. The second kappa shape index (κ2) is 6.67. The molecule has 2 rings (SSSR count). The van der Waals surface area contributed by atoms with Crippen LogP contribution >= 0.6 is 23.4 Å². The highest BCUT2D eigenvalue weighted by Crippen LogP contribution is 2.30. The van der Waals surface area contributed by atoms with Gasteiger partial charge < -0.3 is 11.2 Å². The number of thioether (sulfide) groups is 1. The molecule has 1 heterocycles. The molecule has 2 aromatic rings. The van der Waals surface area contributed by atoms with Crippen LogP contribution in [0, 0.1) is 0 Å². The summed E-state index contributed by atoms with van der Waals surface area (Å²) in [6.45, 7) is 1.51. The molecule has 3 N–H and O–H groups in total. The third kappa shape index (κ3) is 4.29. The SMILES string of the molecule is C[C@@H](Sc1nnc(C(F)(F)F)n1N)C(=O)Nc1ccc(Cl)cc1. The van der Waals surface area contributed by atoms with Gasteiger partial charge in [-0.25, -0.2) is 4.68 Å². The number of benzene rings is 1. The van der Waals surface area contributed by atoms with Gasteiger partial charge in [0.1, 0.15) is 0 Å². The van der Waals surface area contributed by atoms with Gasteiger partial charge in [0.25, 0.3) is 5.82 Å². The zero-order valence-electron chi connectivity index (χ0n) is 11.6. The maximum absolute atomic E-state index is 12.6. The van der Waals surface area contributed by atoms with Gasteiger partial charge in [0.05, 0.1) is 5.25 Å². The molecule has 0 fully saturated rings. The smallest absolute Gasteiger partial charge is 0.335 e. The van der Waals surface area contributed by atoms with Gasteiger partial charge >= 0.3 is 6.18 Å². The fraction of sp³-hybridized carbons (Fsp3) is 0.250. The number of carbonyl (C=O) groups excluding carboxylic acids is 1. The molecule has 0 saturated carbocycles. The Hall–Kier alpha value is -1.94. The van der Waals surface area contributed by atoms with E-state index in [0.717, 1.165) is 11.8 Å². The lowest BCUT2D eigenvalue weighted by molar-refractivity contribution is -0.146. The molecule has 1 amide bonds. The number of carbonyl (C=O) groups is 1. The van der Waals surface area contributed by atoms with Gasteiger partial charge in [-0.05, 0) is 31.2 Å². The van der Waals surface area contributed by atoms with Gasteiger partial charge in [-0.1, -0.05) is 23.4 Å². The van der Waals surface area contributed by atoms with Crippen LogP contribution in [0.4, 0.5) is 18.9 Å². The summed E-state index contributed by atoms with van der Waals surface area (Å²) in [6.07, 6.45) is -4.71. The first kappa shape index (κ1) is 17.4. The van der Waals surface area contributed by atoms with Crippen molar-refractivity contribution in [2.24, 2.45) is 0 Å². The Morgan fingerprint density at radius 2 is 1.96 bits per heavy atom. The zero-order valence-corrected chi connectivity index (χ0v) is 13.2. The first-order valence-corrected chi connectivity index (χ1v) is 7.45. The number of nitrogens with one attached hydrogen (secondary N) is 1. The summed E-state index contributed by atoms with van der Waals surface area (Å²) in [4.78, 5) is 12.0. The predicted octanol–water partition coefficient (Wildman–Crippen LogP) is 2.78. The van der Waals surface area contributed by atoms with Crippen molar-refractivity contribution in [1.29, 1.82) is 0 Å². The monoisotopic (exact) mass is 365 g/mol. The molecule has 11 heteroatoms. The maximum atomic E-state index is 12.6.